The van der Waals surface area contributed by atoms with E-state index in [2.05, 4.69) is 30.8 Å². The van der Waals surface area contributed by atoms with Crippen LogP contribution in [0, 0.1) is 5.41 Å². The summed E-state index contributed by atoms with van der Waals surface area (Å²) in [6, 6.07) is 0. The highest BCUT2D eigenvalue weighted by Gasteiger charge is 2.16. The summed E-state index contributed by atoms with van der Waals surface area (Å²) in [5, 5.41) is 0. The van der Waals surface area contributed by atoms with E-state index >= 15 is 0 Å². The number of aliphatic imine (C=N–C) groups is 2. The van der Waals surface area contributed by atoms with Gasteiger partial charge in [0.1, 0.15) is 0 Å². The quantitative estimate of drug-likeness (QED) is 0.545. The predicted molar refractivity (Wildman–Crippen MR) is 51.8 cm³/mol. The summed E-state index contributed by atoms with van der Waals surface area (Å²) in [4.78, 5) is 8.15. The van der Waals surface area contributed by atoms with Crippen molar-refractivity contribution in [2.45, 2.75) is 27.2 Å². The molecule has 0 aromatic heterocycles. The molecule has 0 unspecified atom stereocenters. The minimum atomic E-state index is 0.177. The average Bonchev–Trinajstić information content (AvgIpc) is 1.87. The summed E-state index contributed by atoms with van der Waals surface area (Å²) in [7, 11) is 3.63. The number of rotatable bonds is 2. The molecule has 0 aliphatic carbocycles. The standard InChI is InChI=1S/C9H18N2/c1-9(2,3)8(11-5)6-7-10-4/h7H,6H2,1-5H3. The largest absolute Gasteiger partial charge is 0.300 e. The van der Waals surface area contributed by atoms with E-state index in [4.69, 9.17) is 0 Å². The molecule has 0 heterocycles. The molecule has 0 aliphatic heterocycles. The van der Waals surface area contributed by atoms with Crippen LogP contribution in [0.1, 0.15) is 27.2 Å². The molecule has 0 saturated carbocycles. The van der Waals surface area contributed by atoms with Crippen LogP contribution in [0.3, 0.4) is 0 Å². The fraction of sp³-hybridized carbons (Fsp3) is 0.778. The summed E-state index contributed by atoms with van der Waals surface area (Å²) in [5.74, 6) is 0. The van der Waals surface area contributed by atoms with Crippen molar-refractivity contribution in [3.63, 3.8) is 0 Å². The minimum Gasteiger partial charge on any atom is -0.300 e. The lowest BCUT2D eigenvalue weighted by Crippen LogP contribution is -2.20. The Labute approximate surface area is 69.4 Å². The zero-order chi connectivity index (χ0) is 8.91. The van der Waals surface area contributed by atoms with E-state index in [1.54, 1.807) is 7.05 Å². The Kier molecular flexibility index (Phi) is 4.01. The van der Waals surface area contributed by atoms with Crippen molar-refractivity contribution in [3.05, 3.63) is 0 Å². The lowest BCUT2D eigenvalue weighted by atomic mass is 9.88. The molecule has 64 valence electrons. The van der Waals surface area contributed by atoms with Crippen LogP contribution in [0.15, 0.2) is 9.98 Å². The maximum Gasteiger partial charge on any atom is 0.0276 e. The fourth-order valence-electron chi connectivity index (χ4n) is 0.911. The van der Waals surface area contributed by atoms with Crippen molar-refractivity contribution in [2.75, 3.05) is 14.1 Å². The van der Waals surface area contributed by atoms with Crippen LogP contribution in [0.25, 0.3) is 0 Å². The van der Waals surface area contributed by atoms with E-state index in [-0.39, 0.29) is 5.41 Å². The van der Waals surface area contributed by atoms with E-state index in [1.807, 2.05) is 13.3 Å². The topological polar surface area (TPSA) is 24.7 Å². The van der Waals surface area contributed by atoms with Gasteiger partial charge in [0.05, 0.1) is 0 Å². The zero-order valence-electron chi connectivity index (χ0n) is 8.18. The van der Waals surface area contributed by atoms with Crippen LogP contribution < -0.4 is 0 Å². The van der Waals surface area contributed by atoms with Crippen molar-refractivity contribution in [2.24, 2.45) is 15.4 Å². The van der Waals surface area contributed by atoms with Gasteiger partial charge in [-0.2, -0.15) is 0 Å². The molecule has 0 atom stereocenters. The molecular weight excluding hydrogens is 136 g/mol. The van der Waals surface area contributed by atoms with E-state index in [0.717, 1.165) is 6.42 Å². The van der Waals surface area contributed by atoms with Gasteiger partial charge in [-0.3, -0.25) is 4.99 Å². The van der Waals surface area contributed by atoms with Crippen LogP contribution in [-0.2, 0) is 0 Å². The fourth-order valence-corrected chi connectivity index (χ4v) is 0.911. The molecular formula is C9H18N2. The summed E-state index contributed by atoms with van der Waals surface area (Å²) >= 11 is 0. The Morgan fingerprint density at radius 3 is 2.09 bits per heavy atom. The second-order valence-electron chi connectivity index (χ2n) is 3.57. The van der Waals surface area contributed by atoms with Gasteiger partial charge >= 0.3 is 0 Å². The SMILES string of the molecule is CN=CCC(=NC)C(C)(C)C. The Hall–Kier alpha value is -0.660. The van der Waals surface area contributed by atoms with Crippen LogP contribution in [0.2, 0.25) is 0 Å². The summed E-state index contributed by atoms with van der Waals surface area (Å²) in [5.41, 5.74) is 1.37. The maximum absolute atomic E-state index is 4.22. The van der Waals surface area contributed by atoms with E-state index in [0.29, 0.717) is 0 Å². The molecule has 2 heteroatoms. The van der Waals surface area contributed by atoms with Gasteiger partial charge in [-0.15, -0.1) is 0 Å². The first-order valence-corrected chi connectivity index (χ1v) is 3.89. The molecule has 2 nitrogen and oxygen atoms in total. The molecule has 0 N–H and O–H groups in total. The number of hydrogen-bond donors (Lipinski definition) is 0. The van der Waals surface area contributed by atoms with Gasteiger partial charge < -0.3 is 4.99 Å². The third-order valence-corrected chi connectivity index (χ3v) is 1.60. The van der Waals surface area contributed by atoms with E-state index < -0.39 is 0 Å². The van der Waals surface area contributed by atoms with Crippen LogP contribution >= 0.6 is 0 Å². The second kappa shape index (κ2) is 4.27. The molecule has 0 aromatic rings. The van der Waals surface area contributed by atoms with E-state index in [1.165, 1.54) is 5.71 Å². The highest BCUT2D eigenvalue weighted by atomic mass is 14.7. The van der Waals surface area contributed by atoms with Gasteiger partial charge in [-0.05, 0) is 0 Å². The second-order valence-corrected chi connectivity index (χ2v) is 3.57. The monoisotopic (exact) mass is 154 g/mol. The van der Waals surface area contributed by atoms with Gasteiger partial charge in [-0.25, -0.2) is 0 Å². The van der Waals surface area contributed by atoms with Crippen molar-refractivity contribution < 1.29 is 0 Å². The molecule has 0 saturated heterocycles. The lowest BCUT2D eigenvalue weighted by Gasteiger charge is -2.19. The van der Waals surface area contributed by atoms with Gasteiger partial charge in [0.15, 0.2) is 0 Å². The summed E-state index contributed by atoms with van der Waals surface area (Å²) in [6.45, 7) is 6.50. The van der Waals surface area contributed by atoms with Crippen molar-refractivity contribution >= 4 is 11.9 Å². The Bertz CT molecular complexity index is 161. The molecule has 0 bridgehead atoms. The first-order valence-electron chi connectivity index (χ1n) is 3.89. The Morgan fingerprint density at radius 1 is 1.27 bits per heavy atom. The lowest BCUT2D eigenvalue weighted by molar-refractivity contribution is 0.584. The number of nitrogens with zero attached hydrogens (tertiary/aromatic N) is 2. The van der Waals surface area contributed by atoms with E-state index in [9.17, 15) is 0 Å². The van der Waals surface area contributed by atoms with Gasteiger partial charge in [0.2, 0.25) is 0 Å². The average molecular weight is 154 g/mol. The maximum atomic E-state index is 4.22. The van der Waals surface area contributed by atoms with Gasteiger partial charge in [0.25, 0.3) is 0 Å². The molecule has 0 spiro atoms. The molecule has 0 aromatic carbocycles. The molecule has 0 radical (unpaired) electrons. The first-order chi connectivity index (χ1) is 5.02. The third kappa shape index (κ3) is 3.91. The first kappa shape index (κ1) is 10.3. The minimum absolute atomic E-state index is 0.177. The van der Waals surface area contributed by atoms with Crippen molar-refractivity contribution in [1.82, 2.24) is 0 Å². The highest BCUT2D eigenvalue weighted by Crippen LogP contribution is 2.17. The number of hydrogen-bond acceptors (Lipinski definition) is 2. The normalized spacial score (nSPS) is 14.5. The molecule has 0 aliphatic rings. The van der Waals surface area contributed by atoms with Crippen LogP contribution in [0.4, 0.5) is 0 Å². The smallest absolute Gasteiger partial charge is 0.0276 e. The van der Waals surface area contributed by atoms with Crippen molar-refractivity contribution in [1.29, 1.82) is 0 Å². The zero-order valence-corrected chi connectivity index (χ0v) is 8.18. The molecule has 0 amide bonds. The van der Waals surface area contributed by atoms with Crippen molar-refractivity contribution in [3.8, 4) is 0 Å². The van der Waals surface area contributed by atoms with Gasteiger partial charge in [0, 0.05) is 37.9 Å². The third-order valence-electron chi connectivity index (χ3n) is 1.60. The molecule has 0 rings (SSSR count). The molecule has 11 heavy (non-hydrogen) atoms. The predicted octanol–water partition coefficient (Wildman–Crippen LogP) is 2.19. The molecule has 0 fully saturated rings. The van der Waals surface area contributed by atoms with Crippen LogP contribution in [0.5, 0.6) is 0 Å². The van der Waals surface area contributed by atoms with Gasteiger partial charge in [-0.1, -0.05) is 20.8 Å². The Balaban J connectivity index is 4.21. The summed E-state index contributed by atoms with van der Waals surface area (Å²) in [6.07, 6.45) is 2.77. The highest BCUT2D eigenvalue weighted by molar-refractivity contribution is 5.98. The van der Waals surface area contributed by atoms with Crippen LogP contribution in [-0.4, -0.2) is 26.0 Å². The Morgan fingerprint density at radius 2 is 1.82 bits per heavy atom. The summed E-state index contributed by atoms with van der Waals surface area (Å²) < 4.78 is 0.